The number of benzene rings is 1. The zero-order valence-corrected chi connectivity index (χ0v) is 17.6. The first-order chi connectivity index (χ1) is 15.1. The molecule has 160 valence electrons. The van der Waals surface area contributed by atoms with Crippen molar-refractivity contribution in [3.63, 3.8) is 0 Å². The van der Waals surface area contributed by atoms with Crippen molar-refractivity contribution < 1.29 is 9.18 Å². The van der Waals surface area contributed by atoms with Crippen LogP contribution in [-0.2, 0) is 6.54 Å². The van der Waals surface area contributed by atoms with Crippen LogP contribution in [0.5, 0.6) is 0 Å². The molecule has 0 aliphatic heterocycles. The zero-order valence-electron chi connectivity index (χ0n) is 17.6. The first-order valence-corrected chi connectivity index (χ1v) is 10.7. The number of carbonyl (C=O) groups excluding carboxylic acids is 1. The Hall–Kier alpha value is -3.35. The van der Waals surface area contributed by atoms with Crippen LogP contribution in [0.4, 0.5) is 10.2 Å². The third-order valence-corrected chi connectivity index (χ3v) is 5.73. The van der Waals surface area contributed by atoms with Crippen molar-refractivity contribution in [2.75, 3.05) is 11.9 Å². The van der Waals surface area contributed by atoms with Gasteiger partial charge in [0, 0.05) is 31.0 Å². The monoisotopic (exact) mass is 419 g/mol. The van der Waals surface area contributed by atoms with Crippen molar-refractivity contribution in [3.05, 3.63) is 71.9 Å². The van der Waals surface area contributed by atoms with E-state index >= 15 is 0 Å². The van der Waals surface area contributed by atoms with Crippen LogP contribution in [0, 0.1) is 5.82 Å². The van der Waals surface area contributed by atoms with Crippen LogP contribution in [0.15, 0.2) is 54.9 Å². The molecule has 0 bridgehead atoms. The van der Waals surface area contributed by atoms with Gasteiger partial charge in [-0.2, -0.15) is 0 Å². The van der Waals surface area contributed by atoms with Gasteiger partial charge in [0.1, 0.15) is 17.2 Å². The van der Waals surface area contributed by atoms with Crippen LogP contribution in [0.2, 0.25) is 0 Å². The topological polar surface area (TPSA) is 71.0 Å². The van der Waals surface area contributed by atoms with Gasteiger partial charge < -0.3 is 10.2 Å². The zero-order chi connectivity index (χ0) is 21.6. The average molecular weight is 420 g/mol. The van der Waals surface area contributed by atoms with Gasteiger partial charge in [-0.25, -0.2) is 14.4 Å². The third kappa shape index (κ3) is 5.05. The van der Waals surface area contributed by atoms with E-state index in [4.69, 9.17) is 4.98 Å². The van der Waals surface area contributed by atoms with E-state index in [9.17, 15) is 9.18 Å². The van der Waals surface area contributed by atoms with Crippen LogP contribution >= 0.6 is 0 Å². The second-order valence-corrected chi connectivity index (χ2v) is 7.84. The minimum atomic E-state index is -0.311. The molecule has 1 aliphatic rings. The van der Waals surface area contributed by atoms with Crippen LogP contribution < -0.4 is 10.2 Å². The Kier molecular flexibility index (Phi) is 6.50. The maximum Gasteiger partial charge on any atom is 0.256 e. The fourth-order valence-corrected chi connectivity index (χ4v) is 3.95. The predicted molar refractivity (Wildman–Crippen MR) is 118 cm³/mol. The molecule has 3 aromatic rings. The Morgan fingerprint density at radius 2 is 1.87 bits per heavy atom. The van der Waals surface area contributed by atoms with Crippen LogP contribution in [-0.4, -0.2) is 33.9 Å². The molecule has 31 heavy (non-hydrogen) atoms. The van der Waals surface area contributed by atoms with Gasteiger partial charge in [0.05, 0.1) is 12.2 Å². The number of carbonyl (C=O) groups is 1. The molecule has 0 spiro atoms. The normalized spacial score (nSPS) is 14.3. The quantitative estimate of drug-likeness (QED) is 0.642. The number of nitrogens with one attached hydrogen (secondary N) is 1. The van der Waals surface area contributed by atoms with Crippen molar-refractivity contribution >= 4 is 11.7 Å². The average Bonchev–Trinajstić information content (AvgIpc) is 2.83. The smallest absolute Gasteiger partial charge is 0.256 e. The second kappa shape index (κ2) is 9.64. The predicted octanol–water partition coefficient (Wildman–Crippen LogP) is 4.38. The highest BCUT2D eigenvalue weighted by atomic mass is 19.1. The van der Waals surface area contributed by atoms with Gasteiger partial charge in [0.15, 0.2) is 5.82 Å². The van der Waals surface area contributed by atoms with E-state index in [1.54, 1.807) is 24.5 Å². The number of amides is 1. The van der Waals surface area contributed by atoms with E-state index in [-0.39, 0.29) is 11.7 Å². The third-order valence-electron chi connectivity index (χ3n) is 5.73. The molecule has 1 aliphatic carbocycles. The lowest BCUT2D eigenvalue weighted by Gasteiger charge is -2.33. The van der Waals surface area contributed by atoms with Crippen LogP contribution in [0.3, 0.4) is 0 Å². The molecule has 1 amide bonds. The van der Waals surface area contributed by atoms with Crippen molar-refractivity contribution in [1.29, 1.82) is 0 Å². The molecule has 0 radical (unpaired) electrons. The Balaban J connectivity index is 1.63. The minimum absolute atomic E-state index is 0.242. The van der Waals surface area contributed by atoms with Gasteiger partial charge in [0.25, 0.3) is 5.91 Å². The van der Waals surface area contributed by atoms with Gasteiger partial charge in [-0.05, 0) is 49.2 Å². The first-order valence-electron chi connectivity index (χ1n) is 10.7. The molecule has 1 aromatic carbocycles. The van der Waals surface area contributed by atoms with Crippen molar-refractivity contribution in [2.24, 2.45) is 0 Å². The number of aromatic nitrogens is 3. The lowest BCUT2D eigenvalue weighted by atomic mass is 9.94. The number of anilines is 1. The van der Waals surface area contributed by atoms with E-state index in [0.717, 1.165) is 18.5 Å². The van der Waals surface area contributed by atoms with Crippen molar-refractivity contribution in [2.45, 2.75) is 44.7 Å². The lowest BCUT2D eigenvalue weighted by molar-refractivity contribution is 0.0950. The maximum atomic E-state index is 13.3. The summed E-state index contributed by atoms with van der Waals surface area (Å²) in [6.07, 6.45) is 8.99. The molecule has 0 saturated heterocycles. The van der Waals surface area contributed by atoms with E-state index in [1.807, 2.05) is 25.2 Å². The largest absolute Gasteiger partial charge is 0.356 e. The summed E-state index contributed by atoms with van der Waals surface area (Å²) in [5.41, 5.74) is 1.91. The number of pyridine rings is 1. The van der Waals surface area contributed by atoms with Gasteiger partial charge in [0.2, 0.25) is 0 Å². The highest BCUT2D eigenvalue weighted by molar-refractivity contribution is 5.98. The van der Waals surface area contributed by atoms with Gasteiger partial charge >= 0.3 is 0 Å². The number of nitrogens with zero attached hydrogens (tertiary/aromatic N) is 4. The molecule has 0 atom stereocenters. The molecule has 1 N–H and O–H groups in total. The highest BCUT2D eigenvalue weighted by Crippen LogP contribution is 2.28. The summed E-state index contributed by atoms with van der Waals surface area (Å²) in [6, 6.07) is 12.0. The lowest BCUT2D eigenvalue weighted by Crippen LogP contribution is -2.36. The molecule has 1 saturated carbocycles. The van der Waals surface area contributed by atoms with Gasteiger partial charge in [-0.15, -0.1) is 0 Å². The summed E-state index contributed by atoms with van der Waals surface area (Å²) >= 11 is 0. The summed E-state index contributed by atoms with van der Waals surface area (Å²) in [7, 11) is 1.99. The molecule has 7 heteroatoms. The molecular formula is C24H26FN5O. The van der Waals surface area contributed by atoms with Crippen molar-refractivity contribution in [1.82, 2.24) is 20.3 Å². The van der Waals surface area contributed by atoms with Gasteiger partial charge in [-0.1, -0.05) is 25.3 Å². The summed E-state index contributed by atoms with van der Waals surface area (Å²) in [6.45, 7) is 0.325. The molecule has 4 rings (SSSR count). The standard InChI is InChI=1S/C24H26FN5O/c1-30(20-8-3-2-4-9-20)23-21(24(31)28-15-19-7-5-6-14-26-19)16-27-22(29-23)17-10-12-18(25)13-11-17/h5-7,10-14,16,20H,2-4,8-9,15H2,1H3,(H,28,31). The summed E-state index contributed by atoms with van der Waals surface area (Å²) in [5.74, 6) is 0.515. The van der Waals surface area contributed by atoms with E-state index in [2.05, 4.69) is 20.2 Å². The summed E-state index contributed by atoms with van der Waals surface area (Å²) < 4.78 is 13.3. The summed E-state index contributed by atoms with van der Waals surface area (Å²) in [5, 5.41) is 2.92. The Bertz CT molecular complexity index is 1020. The summed E-state index contributed by atoms with van der Waals surface area (Å²) in [4.78, 5) is 28.5. The van der Waals surface area contributed by atoms with Gasteiger partial charge in [-0.3, -0.25) is 9.78 Å². The van der Waals surface area contributed by atoms with Crippen LogP contribution in [0.1, 0.15) is 48.2 Å². The Morgan fingerprint density at radius 3 is 2.58 bits per heavy atom. The SMILES string of the molecule is CN(c1nc(-c2ccc(F)cc2)ncc1C(=O)NCc1ccccn1)C1CCCCC1. The minimum Gasteiger partial charge on any atom is -0.356 e. The number of rotatable bonds is 6. The fourth-order valence-electron chi connectivity index (χ4n) is 3.95. The first kappa shape index (κ1) is 20.9. The number of hydrogen-bond donors (Lipinski definition) is 1. The van der Waals surface area contributed by atoms with E-state index in [0.29, 0.717) is 35.4 Å². The number of hydrogen-bond acceptors (Lipinski definition) is 5. The molecule has 6 nitrogen and oxygen atoms in total. The Morgan fingerprint density at radius 1 is 1.10 bits per heavy atom. The van der Waals surface area contributed by atoms with Crippen molar-refractivity contribution in [3.8, 4) is 11.4 Å². The fraction of sp³-hybridized carbons (Fsp3) is 0.333. The van der Waals surface area contributed by atoms with E-state index in [1.165, 1.54) is 31.4 Å². The molecule has 1 fully saturated rings. The molecule has 2 heterocycles. The molecular weight excluding hydrogens is 393 g/mol. The van der Waals surface area contributed by atoms with E-state index < -0.39 is 0 Å². The Labute approximate surface area is 181 Å². The molecule has 2 aromatic heterocycles. The number of halogens is 1. The second-order valence-electron chi connectivity index (χ2n) is 7.84. The molecule has 0 unspecified atom stereocenters. The van der Waals surface area contributed by atoms with Crippen LogP contribution in [0.25, 0.3) is 11.4 Å². The highest BCUT2D eigenvalue weighted by Gasteiger charge is 2.25. The maximum absolute atomic E-state index is 13.3.